The SMILES string of the molecule is CCOC(=O)c1sc(NC(=O)CCc2nnc(-c3ccsc3)o2)nc1C. The van der Waals surface area contributed by atoms with Crippen LogP contribution in [0, 0.1) is 6.92 Å². The van der Waals surface area contributed by atoms with Crippen LogP contribution >= 0.6 is 22.7 Å². The van der Waals surface area contributed by atoms with Gasteiger partial charge in [-0.25, -0.2) is 9.78 Å². The van der Waals surface area contributed by atoms with Crippen molar-refractivity contribution in [3.63, 3.8) is 0 Å². The molecule has 1 amide bonds. The second kappa shape index (κ2) is 8.19. The van der Waals surface area contributed by atoms with Gasteiger partial charge in [-0.15, -0.1) is 10.2 Å². The van der Waals surface area contributed by atoms with Crippen LogP contribution in [0.3, 0.4) is 0 Å². The van der Waals surface area contributed by atoms with Crippen molar-refractivity contribution in [2.24, 2.45) is 0 Å². The van der Waals surface area contributed by atoms with Crippen LogP contribution in [0.4, 0.5) is 5.13 Å². The molecule has 0 bridgehead atoms. The van der Waals surface area contributed by atoms with Crippen molar-refractivity contribution in [3.05, 3.63) is 33.3 Å². The van der Waals surface area contributed by atoms with Crippen molar-refractivity contribution < 1.29 is 18.7 Å². The van der Waals surface area contributed by atoms with Gasteiger partial charge in [0.2, 0.25) is 17.7 Å². The van der Waals surface area contributed by atoms with E-state index in [1.54, 1.807) is 25.2 Å². The molecule has 8 nitrogen and oxygen atoms in total. The molecule has 0 aliphatic heterocycles. The van der Waals surface area contributed by atoms with E-state index in [0.717, 1.165) is 16.9 Å². The molecule has 0 atom stereocenters. The fourth-order valence-corrected chi connectivity index (χ4v) is 3.60. The zero-order chi connectivity index (χ0) is 18.5. The summed E-state index contributed by atoms with van der Waals surface area (Å²) in [7, 11) is 0. The van der Waals surface area contributed by atoms with E-state index in [1.165, 1.54) is 0 Å². The fraction of sp³-hybridized carbons (Fsp3) is 0.312. The molecule has 3 aromatic heterocycles. The van der Waals surface area contributed by atoms with E-state index >= 15 is 0 Å². The van der Waals surface area contributed by atoms with Gasteiger partial charge in [0.1, 0.15) is 4.88 Å². The molecular weight excluding hydrogens is 376 g/mol. The highest BCUT2D eigenvalue weighted by atomic mass is 32.1. The van der Waals surface area contributed by atoms with Gasteiger partial charge in [-0.1, -0.05) is 11.3 Å². The highest BCUT2D eigenvalue weighted by molar-refractivity contribution is 7.17. The molecule has 0 aliphatic carbocycles. The third-order valence-corrected chi connectivity index (χ3v) is 5.04. The normalized spacial score (nSPS) is 10.7. The summed E-state index contributed by atoms with van der Waals surface area (Å²) >= 11 is 2.63. The van der Waals surface area contributed by atoms with Gasteiger partial charge in [0, 0.05) is 23.8 Å². The molecule has 0 spiro atoms. The number of ether oxygens (including phenoxy) is 1. The van der Waals surface area contributed by atoms with Crippen molar-refractivity contribution >= 4 is 39.7 Å². The van der Waals surface area contributed by atoms with Crippen LogP contribution in [0.5, 0.6) is 0 Å². The van der Waals surface area contributed by atoms with Crippen molar-refractivity contribution in [1.82, 2.24) is 15.2 Å². The predicted molar refractivity (Wildman–Crippen MR) is 97.4 cm³/mol. The predicted octanol–water partition coefficient (Wildman–Crippen LogP) is 3.31. The summed E-state index contributed by atoms with van der Waals surface area (Å²) in [5, 5.41) is 14.8. The number of rotatable bonds is 7. The molecule has 3 heterocycles. The van der Waals surface area contributed by atoms with Crippen molar-refractivity contribution in [2.75, 3.05) is 11.9 Å². The summed E-state index contributed by atoms with van der Waals surface area (Å²) in [6.07, 6.45) is 0.483. The minimum Gasteiger partial charge on any atom is -0.462 e. The molecule has 0 unspecified atom stereocenters. The van der Waals surface area contributed by atoms with E-state index < -0.39 is 5.97 Å². The number of amides is 1. The minimum atomic E-state index is -0.435. The molecule has 0 aliphatic rings. The first kappa shape index (κ1) is 18.2. The monoisotopic (exact) mass is 392 g/mol. The van der Waals surface area contributed by atoms with E-state index in [1.807, 2.05) is 16.8 Å². The van der Waals surface area contributed by atoms with Crippen molar-refractivity contribution in [2.45, 2.75) is 26.7 Å². The molecule has 0 aromatic carbocycles. The summed E-state index contributed by atoms with van der Waals surface area (Å²) < 4.78 is 10.5. The Labute approximate surface area is 157 Å². The lowest BCUT2D eigenvalue weighted by molar-refractivity contribution is -0.116. The second-order valence-electron chi connectivity index (χ2n) is 5.22. The van der Waals surface area contributed by atoms with Crippen LogP contribution in [0.2, 0.25) is 0 Å². The van der Waals surface area contributed by atoms with Crippen molar-refractivity contribution in [3.8, 4) is 11.5 Å². The lowest BCUT2D eigenvalue weighted by atomic mass is 10.3. The smallest absolute Gasteiger partial charge is 0.350 e. The summed E-state index contributed by atoms with van der Waals surface area (Å²) in [5.41, 5.74) is 1.39. The fourth-order valence-electron chi connectivity index (χ4n) is 2.10. The number of nitrogens with zero attached hydrogens (tertiary/aromatic N) is 3. The molecule has 26 heavy (non-hydrogen) atoms. The van der Waals surface area contributed by atoms with Gasteiger partial charge in [0.15, 0.2) is 5.13 Å². The largest absolute Gasteiger partial charge is 0.462 e. The quantitative estimate of drug-likeness (QED) is 0.615. The van der Waals surface area contributed by atoms with Crippen LogP contribution in [0.15, 0.2) is 21.2 Å². The van der Waals surface area contributed by atoms with E-state index in [4.69, 9.17) is 9.15 Å². The van der Waals surface area contributed by atoms with E-state index in [2.05, 4.69) is 20.5 Å². The Hall–Kier alpha value is -2.59. The van der Waals surface area contributed by atoms with Gasteiger partial charge in [0.25, 0.3) is 0 Å². The number of thiophene rings is 1. The molecule has 3 rings (SSSR count). The van der Waals surface area contributed by atoms with Gasteiger partial charge in [-0.2, -0.15) is 11.3 Å². The highest BCUT2D eigenvalue weighted by Gasteiger charge is 2.18. The lowest BCUT2D eigenvalue weighted by Crippen LogP contribution is -2.12. The standard InChI is InChI=1S/C16H16N4O4S2/c1-3-23-15(22)13-9(2)17-16(26-13)18-11(21)4-5-12-19-20-14(24-12)10-6-7-25-8-10/h6-8H,3-5H2,1-2H3,(H,17,18,21). The molecular formula is C16H16N4O4S2. The average Bonchev–Trinajstić information content (AvgIpc) is 3.33. The molecule has 136 valence electrons. The summed E-state index contributed by atoms with van der Waals surface area (Å²) in [6.45, 7) is 3.72. The van der Waals surface area contributed by atoms with E-state index in [-0.39, 0.29) is 18.9 Å². The molecule has 10 heteroatoms. The van der Waals surface area contributed by atoms with Gasteiger partial charge in [-0.05, 0) is 25.3 Å². The number of aryl methyl sites for hydroxylation is 2. The molecule has 1 N–H and O–H groups in total. The Morgan fingerprint density at radius 2 is 2.19 bits per heavy atom. The maximum atomic E-state index is 12.1. The van der Waals surface area contributed by atoms with E-state index in [9.17, 15) is 9.59 Å². The Balaban J connectivity index is 1.55. The number of nitrogens with one attached hydrogen (secondary N) is 1. The first-order valence-electron chi connectivity index (χ1n) is 7.86. The Bertz CT molecular complexity index is 901. The van der Waals surface area contributed by atoms with Crippen LogP contribution in [-0.4, -0.2) is 33.7 Å². The number of esters is 1. The lowest BCUT2D eigenvalue weighted by Gasteiger charge is -1.99. The summed E-state index contributed by atoms with van der Waals surface area (Å²) in [4.78, 5) is 28.4. The maximum Gasteiger partial charge on any atom is 0.350 e. The molecule has 3 aromatic rings. The molecule has 0 radical (unpaired) electrons. The van der Waals surface area contributed by atoms with Crippen LogP contribution < -0.4 is 5.32 Å². The number of hydrogen-bond donors (Lipinski definition) is 1. The molecule has 0 saturated carbocycles. The minimum absolute atomic E-state index is 0.165. The van der Waals surface area contributed by atoms with Crippen LogP contribution in [0.25, 0.3) is 11.5 Å². The Kier molecular flexibility index (Phi) is 5.74. The molecule has 0 saturated heterocycles. The van der Waals surface area contributed by atoms with Gasteiger partial charge in [-0.3, -0.25) is 4.79 Å². The maximum absolute atomic E-state index is 12.1. The Morgan fingerprint density at radius 1 is 1.35 bits per heavy atom. The topological polar surface area (TPSA) is 107 Å². The highest BCUT2D eigenvalue weighted by Crippen LogP contribution is 2.24. The van der Waals surface area contributed by atoms with E-state index in [0.29, 0.717) is 33.9 Å². The van der Waals surface area contributed by atoms with Crippen LogP contribution in [0.1, 0.15) is 34.6 Å². The number of carbonyl (C=O) groups is 2. The zero-order valence-electron chi connectivity index (χ0n) is 14.1. The Morgan fingerprint density at radius 3 is 2.92 bits per heavy atom. The average molecular weight is 392 g/mol. The number of thiazole rings is 1. The number of aromatic nitrogens is 3. The third-order valence-electron chi connectivity index (χ3n) is 3.30. The summed E-state index contributed by atoms with van der Waals surface area (Å²) in [6, 6.07) is 1.89. The van der Waals surface area contributed by atoms with Gasteiger partial charge < -0.3 is 14.5 Å². The number of anilines is 1. The number of hydrogen-bond acceptors (Lipinski definition) is 9. The zero-order valence-corrected chi connectivity index (χ0v) is 15.8. The third kappa shape index (κ3) is 4.33. The van der Waals surface area contributed by atoms with Gasteiger partial charge in [0.05, 0.1) is 12.3 Å². The van der Waals surface area contributed by atoms with Crippen molar-refractivity contribution in [1.29, 1.82) is 0 Å². The van der Waals surface area contributed by atoms with Gasteiger partial charge >= 0.3 is 5.97 Å². The molecule has 0 fully saturated rings. The van der Waals surface area contributed by atoms with Crippen LogP contribution in [-0.2, 0) is 16.0 Å². The summed E-state index contributed by atoms with van der Waals surface area (Å²) in [5.74, 6) is 0.152. The number of carbonyl (C=O) groups excluding carboxylic acids is 2. The second-order valence-corrected chi connectivity index (χ2v) is 6.99. The first-order chi connectivity index (χ1) is 12.6. The first-order valence-corrected chi connectivity index (χ1v) is 9.62.